The van der Waals surface area contributed by atoms with E-state index >= 15 is 0 Å². The fraction of sp³-hybridized carbons (Fsp3) is 0.0769. The Morgan fingerprint density at radius 1 is 0.719 bits per heavy atom. The van der Waals surface area contributed by atoms with Gasteiger partial charge in [0.1, 0.15) is 28.2 Å². The molecule has 0 aliphatic carbocycles. The number of hydrogen-bond acceptors (Lipinski definition) is 6. The average molecular weight is 426 g/mol. The second-order valence-electron chi connectivity index (χ2n) is 7.21. The molecule has 0 atom stereocenters. The lowest BCUT2D eigenvalue weighted by molar-refractivity contribution is 0.414. The van der Waals surface area contributed by atoms with Crippen molar-refractivity contribution >= 4 is 21.9 Å². The van der Waals surface area contributed by atoms with Gasteiger partial charge in [0.15, 0.2) is 5.76 Å². The predicted octanol–water partition coefficient (Wildman–Crippen LogP) is 5.25. The summed E-state index contributed by atoms with van der Waals surface area (Å²) in [7, 11) is 3.10. The minimum Gasteiger partial charge on any atom is -0.497 e. The first kappa shape index (κ1) is 19.6. The number of rotatable bonds is 4. The van der Waals surface area contributed by atoms with E-state index in [1.54, 1.807) is 67.8 Å². The molecule has 158 valence electrons. The lowest BCUT2D eigenvalue weighted by atomic mass is 9.98. The van der Waals surface area contributed by atoms with Gasteiger partial charge in [-0.05, 0) is 42.0 Å². The summed E-state index contributed by atoms with van der Waals surface area (Å²) < 4.78 is 22.2. The molecule has 0 spiro atoms. The van der Waals surface area contributed by atoms with Crippen LogP contribution in [-0.2, 0) is 0 Å². The molecule has 3 aromatic carbocycles. The van der Waals surface area contributed by atoms with Crippen LogP contribution in [0.2, 0.25) is 0 Å². The molecule has 2 aromatic heterocycles. The van der Waals surface area contributed by atoms with Gasteiger partial charge in [0.2, 0.25) is 5.43 Å². The number of hydrogen-bond donors (Lipinski definition) is 0. The Hall–Kier alpha value is -4.32. The molecule has 0 unspecified atom stereocenters. The Labute approximate surface area is 182 Å². The summed E-state index contributed by atoms with van der Waals surface area (Å²) in [6.45, 7) is 0. The van der Waals surface area contributed by atoms with Gasteiger partial charge in [-0.3, -0.25) is 4.79 Å². The van der Waals surface area contributed by atoms with Gasteiger partial charge < -0.3 is 18.3 Å². The number of methoxy groups -OCH3 is 2. The first-order valence-corrected chi connectivity index (χ1v) is 9.91. The predicted molar refractivity (Wildman–Crippen MR) is 123 cm³/mol. The Morgan fingerprint density at radius 2 is 1.44 bits per heavy atom. The molecule has 0 aliphatic rings. The van der Waals surface area contributed by atoms with E-state index < -0.39 is 5.63 Å². The van der Waals surface area contributed by atoms with Gasteiger partial charge in [-0.25, -0.2) is 4.79 Å². The summed E-state index contributed by atoms with van der Waals surface area (Å²) in [5.41, 5.74) is 0.945. The second kappa shape index (κ2) is 7.74. The molecule has 0 saturated heterocycles. The lowest BCUT2D eigenvalue weighted by Crippen LogP contribution is -2.11. The first-order chi connectivity index (χ1) is 15.6. The van der Waals surface area contributed by atoms with Crippen LogP contribution in [0.25, 0.3) is 44.4 Å². The van der Waals surface area contributed by atoms with Crippen LogP contribution < -0.4 is 20.5 Å². The van der Waals surface area contributed by atoms with Crippen molar-refractivity contribution in [2.24, 2.45) is 0 Å². The fourth-order valence-corrected chi connectivity index (χ4v) is 3.73. The van der Waals surface area contributed by atoms with Crippen molar-refractivity contribution in [2.75, 3.05) is 14.2 Å². The molecule has 0 amide bonds. The molecule has 5 rings (SSSR count). The lowest BCUT2D eigenvalue weighted by Gasteiger charge is -2.11. The zero-order valence-corrected chi connectivity index (χ0v) is 17.4. The third-order valence-corrected chi connectivity index (χ3v) is 5.36. The van der Waals surface area contributed by atoms with Crippen LogP contribution in [0.4, 0.5) is 0 Å². The van der Waals surface area contributed by atoms with E-state index in [-0.39, 0.29) is 22.3 Å². The minimum absolute atomic E-state index is 0.139. The number of ether oxygens (including phenoxy) is 2. The second-order valence-corrected chi connectivity index (χ2v) is 7.21. The standard InChI is InChI=1S/C26H18O6/c1-29-17-9-7-15(8-10-17)23-24(27)19-12-11-18(30-2)14-22(19)31-25(23)20-13-16-5-3-4-6-21(16)32-26(20)28/h3-14H,1-2H3. The molecule has 5 aromatic rings. The number of para-hydroxylation sites is 1. The molecule has 0 radical (unpaired) electrons. The molecule has 0 bridgehead atoms. The van der Waals surface area contributed by atoms with E-state index in [0.717, 1.165) is 5.39 Å². The third kappa shape index (κ3) is 3.22. The smallest absolute Gasteiger partial charge is 0.347 e. The SMILES string of the molecule is COc1ccc(-c2c(-c3cc4ccccc4oc3=O)oc3cc(OC)ccc3c2=O)cc1. The Kier molecular flexibility index (Phi) is 4.75. The van der Waals surface area contributed by atoms with Crippen LogP contribution in [-0.4, -0.2) is 14.2 Å². The average Bonchev–Trinajstić information content (AvgIpc) is 2.83. The summed E-state index contributed by atoms with van der Waals surface area (Å²) in [6, 6.07) is 20.8. The van der Waals surface area contributed by atoms with Crippen molar-refractivity contribution in [1.29, 1.82) is 0 Å². The maximum Gasteiger partial charge on any atom is 0.347 e. The highest BCUT2D eigenvalue weighted by molar-refractivity contribution is 5.91. The maximum atomic E-state index is 13.6. The molecule has 2 heterocycles. The van der Waals surface area contributed by atoms with E-state index in [9.17, 15) is 9.59 Å². The van der Waals surface area contributed by atoms with Crippen molar-refractivity contribution in [1.82, 2.24) is 0 Å². The highest BCUT2D eigenvalue weighted by Gasteiger charge is 2.21. The molecule has 0 N–H and O–H groups in total. The van der Waals surface area contributed by atoms with Crippen molar-refractivity contribution < 1.29 is 18.3 Å². The zero-order valence-electron chi connectivity index (χ0n) is 17.4. The molecule has 6 heteroatoms. The number of fused-ring (bicyclic) bond motifs is 2. The van der Waals surface area contributed by atoms with Crippen molar-refractivity contribution in [3.05, 3.63) is 93.4 Å². The topological polar surface area (TPSA) is 78.9 Å². The van der Waals surface area contributed by atoms with Crippen LogP contribution in [0, 0.1) is 0 Å². The molecular formula is C26H18O6. The van der Waals surface area contributed by atoms with Crippen LogP contribution in [0.1, 0.15) is 0 Å². The molecule has 6 nitrogen and oxygen atoms in total. The Morgan fingerprint density at radius 3 is 2.19 bits per heavy atom. The monoisotopic (exact) mass is 426 g/mol. The van der Waals surface area contributed by atoms with E-state index in [4.69, 9.17) is 18.3 Å². The van der Waals surface area contributed by atoms with Gasteiger partial charge in [0.05, 0.1) is 25.2 Å². The van der Waals surface area contributed by atoms with E-state index in [0.29, 0.717) is 33.6 Å². The largest absolute Gasteiger partial charge is 0.497 e. The highest BCUT2D eigenvalue weighted by atomic mass is 16.5. The van der Waals surface area contributed by atoms with Gasteiger partial charge in [-0.1, -0.05) is 30.3 Å². The summed E-state index contributed by atoms with van der Waals surface area (Å²) in [5.74, 6) is 1.32. The van der Waals surface area contributed by atoms with Gasteiger partial charge in [-0.2, -0.15) is 0 Å². The zero-order chi connectivity index (χ0) is 22.2. The molecular weight excluding hydrogens is 408 g/mol. The summed E-state index contributed by atoms with van der Waals surface area (Å²) in [6.07, 6.45) is 0. The normalized spacial score (nSPS) is 11.1. The number of benzene rings is 3. The van der Waals surface area contributed by atoms with Crippen LogP contribution in [0.5, 0.6) is 11.5 Å². The molecule has 32 heavy (non-hydrogen) atoms. The van der Waals surface area contributed by atoms with Crippen molar-refractivity contribution in [2.45, 2.75) is 0 Å². The van der Waals surface area contributed by atoms with E-state index in [2.05, 4.69) is 0 Å². The molecule has 0 saturated carbocycles. The maximum absolute atomic E-state index is 13.6. The highest BCUT2D eigenvalue weighted by Crippen LogP contribution is 2.34. The quantitative estimate of drug-likeness (QED) is 0.365. The van der Waals surface area contributed by atoms with Crippen molar-refractivity contribution in [3.63, 3.8) is 0 Å². The van der Waals surface area contributed by atoms with Crippen LogP contribution in [0.3, 0.4) is 0 Å². The summed E-state index contributed by atoms with van der Waals surface area (Å²) in [5, 5.41) is 1.10. The summed E-state index contributed by atoms with van der Waals surface area (Å²) >= 11 is 0. The van der Waals surface area contributed by atoms with Crippen LogP contribution >= 0.6 is 0 Å². The van der Waals surface area contributed by atoms with Crippen LogP contribution in [0.15, 0.2) is 91.2 Å². The Balaban J connectivity index is 1.88. The van der Waals surface area contributed by atoms with Crippen molar-refractivity contribution in [3.8, 4) is 33.9 Å². The van der Waals surface area contributed by atoms with Gasteiger partial charge in [0.25, 0.3) is 0 Å². The fourth-order valence-electron chi connectivity index (χ4n) is 3.73. The third-order valence-electron chi connectivity index (χ3n) is 5.36. The minimum atomic E-state index is -0.594. The van der Waals surface area contributed by atoms with E-state index in [1.165, 1.54) is 7.11 Å². The van der Waals surface area contributed by atoms with Gasteiger partial charge in [0, 0.05) is 11.5 Å². The summed E-state index contributed by atoms with van der Waals surface area (Å²) in [4.78, 5) is 26.5. The van der Waals surface area contributed by atoms with Gasteiger partial charge >= 0.3 is 5.63 Å². The Bertz CT molecular complexity index is 1580. The van der Waals surface area contributed by atoms with Gasteiger partial charge in [-0.15, -0.1) is 0 Å². The molecule has 0 aliphatic heterocycles. The first-order valence-electron chi connectivity index (χ1n) is 9.91. The molecule has 0 fully saturated rings. The van der Waals surface area contributed by atoms with E-state index in [1.807, 2.05) is 12.1 Å².